The molecule has 1 N–H and O–H groups in total. The van der Waals surface area contributed by atoms with E-state index in [1.807, 2.05) is 0 Å². The van der Waals surface area contributed by atoms with Gasteiger partial charge in [-0.25, -0.2) is 4.79 Å². The monoisotopic (exact) mass is 373 g/mol. The average Bonchev–Trinajstić information content (AvgIpc) is 3.05. The second kappa shape index (κ2) is 7.80. The first kappa shape index (κ1) is 18.8. The molecule has 148 valence electrons. The molecule has 0 saturated carbocycles. The van der Waals surface area contributed by atoms with Gasteiger partial charge in [0.2, 0.25) is 0 Å². The van der Waals surface area contributed by atoms with Crippen molar-refractivity contribution in [1.29, 1.82) is 0 Å². The number of fused-ring (bicyclic) bond motifs is 3. The number of methoxy groups -OCH3 is 1. The van der Waals surface area contributed by atoms with Crippen LogP contribution in [0.4, 0.5) is 0 Å². The summed E-state index contributed by atoms with van der Waals surface area (Å²) in [6.45, 7) is 6.38. The van der Waals surface area contributed by atoms with E-state index in [0.29, 0.717) is 43.6 Å². The third-order valence-electron chi connectivity index (χ3n) is 6.73. The molecular formula is C22H31NO4. The van der Waals surface area contributed by atoms with Gasteiger partial charge in [0, 0.05) is 11.6 Å². The minimum atomic E-state index is -0.512. The summed E-state index contributed by atoms with van der Waals surface area (Å²) in [7, 11) is 1.44. The first-order valence-corrected chi connectivity index (χ1v) is 10.2. The maximum Gasteiger partial charge on any atom is 0.335 e. The van der Waals surface area contributed by atoms with E-state index in [-0.39, 0.29) is 11.9 Å². The van der Waals surface area contributed by atoms with Crippen LogP contribution in [0.15, 0.2) is 35.1 Å². The Kier molecular flexibility index (Phi) is 5.42. The topological polar surface area (TPSA) is 56.8 Å². The van der Waals surface area contributed by atoms with E-state index >= 15 is 0 Å². The molecule has 0 aromatic heterocycles. The molecule has 4 aliphatic rings. The Bertz CT molecular complexity index is 680. The van der Waals surface area contributed by atoms with Crippen molar-refractivity contribution in [2.45, 2.75) is 45.3 Å². The molecule has 0 spiro atoms. The molecule has 5 heteroatoms. The molecule has 1 saturated heterocycles. The highest BCUT2D eigenvalue weighted by Gasteiger charge is 2.44. The summed E-state index contributed by atoms with van der Waals surface area (Å²) in [5, 5.41) is 3.80. The maximum atomic E-state index is 12.3. The van der Waals surface area contributed by atoms with Crippen LogP contribution in [0.2, 0.25) is 0 Å². The Morgan fingerprint density at radius 1 is 1.26 bits per heavy atom. The maximum absolute atomic E-state index is 12.3. The summed E-state index contributed by atoms with van der Waals surface area (Å²) in [6.07, 6.45) is 9.15. The van der Waals surface area contributed by atoms with Crippen molar-refractivity contribution in [3.8, 4) is 0 Å². The Balaban J connectivity index is 1.62. The van der Waals surface area contributed by atoms with Crippen molar-refractivity contribution < 1.29 is 19.0 Å². The van der Waals surface area contributed by atoms with Gasteiger partial charge in [-0.1, -0.05) is 32.1 Å². The SMILES string of the molecule is COC(=O)C1OC[C@@H](C)[C@@H]2CC(C)C3=C(CCOC[C@@H]12)C1=CC=CCC1N3. The fourth-order valence-electron chi connectivity index (χ4n) is 5.27. The molecule has 0 bridgehead atoms. The summed E-state index contributed by atoms with van der Waals surface area (Å²) in [5.74, 6) is 0.980. The van der Waals surface area contributed by atoms with E-state index in [2.05, 4.69) is 37.4 Å². The number of ether oxygens (including phenoxy) is 3. The third-order valence-corrected chi connectivity index (χ3v) is 6.73. The number of nitrogens with one attached hydrogen (secondary N) is 1. The fraction of sp³-hybridized carbons (Fsp3) is 0.682. The molecule has 0 aromatic rings. The van der Waals surface area contributed by atoms with Crippen LogP contribution in [0, 0.1) is 23.7 Å². The standard InChI is InChI=1S/C22H31NO4/c1-13-10-17-14(2)11-27-21(22(24)25-3)18(17)12-26-9-8-16-15-6-4-5-7-19(15)23-20(13)16/h4-6,13-14,17-19,21,23H,7-12H2,1-3H3/t13?,14-,17+,18-,19?,21?/m1/s1. The molecule has 0 aromatic carbocycles. The van der Waals surface area contributed by atoms with Gasteiger partial charge in [-0.3, -0.25) is 0 Å². The van der Waals surface area contributed by atoms with Crippen LogP contribution in [0.5, 0.6) is 0 Å². The molecule has 4 rings (SSSR count). The van der Waals surface area contributed by atoms with Gasteiger partial charge in [0.1, 0.15) is 0 Å². The van der Waals surface area contributed by atoms with E-state index in [1.165, 1.54) is 24.0 Å². The van der Waals surface area contributed by atoms with Gasteiger partial charge in [-0.05, 0) is 48.2 Å². The van der Waals surface area contributed by atoms with Crippen molar-refractivity contribution in [2.75, 3.05) is 26.9 Å². The van der Waals surface area contributed by atoms with Gasteiger partial charge in [-0.15, -0.1) is 0 Å². The lowest BCUT2D eigenvalue weighted by Gasteiger charge is -2.42. The summed E-state index contributed by atoms with van der Waals surface area (Å²) in [4.78, 5) is 12.3. The molecular weight excluding hydrogens is 342 g/mol. The molecule has 3 unspecified atom stereocenters. The highest BCUT2D eigenvalue weighted by molar-refractivity contribution is 5.75. The van der Waals surface area contributed by atoms with Gasteiger partial charge in [-0.2, -0.15) is 0 Å². The van der Waals surface area contributed by atoms with Crippen molar-refractivity contribution in [3.05, 3.63) is 35.1 Å². The lowest BCUT2D eigenvalue weighted by molar-refractivity contribution is -0.175. The quantitative estimate of drug-likeness (QED) is 0.716. The Morgan fingerprint density at radius 2 is 2.11 bits per heavy atom. The number of rotatable bonds is 1. The number of carbonyl (C=O) groups excluding carboxylic acids is 1. The van der Waals surface area contributed by atoms with Crippen molar-refractivity contribution >= 4 is 5.97 Å². The minimum Gasteiger partial charge on any atom is -0.467 e. The van der Waals surface area contributed by atoms with E-state index < -0.39 is 6.10 Å². The van der Waals surface area contributed by atoms with Crippen molar-refractivity contribution in [2.24, 2.45) is 23.7 Å². The molecule has 6 atom stereocenters. The normalized spacial score (nSPS) is 38.9. The minimum absolute atomic E-state index is 0.0513. The highest BCUT2D eigenvalue weighted by atomic mass is 16.6. The summed E-state index contributed by atoms with van der Waals surface area (Å²) in [6, 6.07) is 0.411. The van der Waals surface area contributed by atoms with Crippen molar-refractivity contribution in [3.63, 3.8) is 0 Å². The second-order valence-corrected chi connectivity index (χ2v) is 8.42. The molecule has 1 fully saturated rings. The molecule has 0 amide bonds. The van der Waals surface area contributed by atoms with Gasteiger partial charge in [0.05, 0.1) is 33.0 Å². The Hall–Kier alpha value is -1.59. The predicted molar refractivity (Wildman–Crippen MR) is 103 cm³/mol. The number of allylic oxidation sites excluding steroid dienone is 3. The average molecular weight is 373 g/mol. The van der Waals surface area contributed by atoms with E-state index in [0.717, 1.165) is 19.3 Å². The van der Waals surface area contributed by atoms with Crippen LogP contribution in [0.1, 0.15) is 33.1 Å². The van der Waals surface area contributed by atoms with Gasteiger partial charge in [0.15, 0.2) is 6.10 Å². The number of esters is 1. The molecule has 5 nitrogen and oxygen atoms in total. The van der Waals surface area contributed by atoms with E-state index in [9.17, 15) is 4.79 Å². The predicted octanol–water partition coefficient (Wildman–Crippen LogP) is 2.99. The van der Waals surface area contributed by atoms with Gasteiger partial charge >= 0.3 is 5.97 Å². The second-order valence-electron chi connectivity index (χ2n) is 8.42. The fourth-order valence-corrected chi connectivity index (χ4v) is 5.27. The largest absolute Gasteiger partial charge is 0.467 e. The zero-order valence-corrected chi connectivity index (χ0v) is 16.6. The molecule has 27 heavy (non-hydrogen) atoms. The summed E-state index contributed by atoms with van der Waals surface area (Å²) >= 11 is 0. The third kappa shape index (κ3) is 3.47. The summed E-state index contributed by atoms with van der Waals surface area (Å²) in [5.41, 5.74) is 4.26. The van der Waals surface area contributed by atoms with Crippen LogP contribution >= 0.6 is 0 Å². The molecule has 0 radical (unpaired) electrons. The van der Waals surface area contributed by atoms with Gasteiger partial charge < -0.3 is 19.5 Å². The van der Waals surface area contributed by atoms with E-state index in [4.69, 9.17) is 14.2 Å². The van der Waals surface area contributed by atoms with Crippen LogP contribution in [0.25, 0.3) is 0 Å². The first-order chi connectivity index (χ1) is 13.1. The molecule has 3 aliphatic heterocycles. The Morgan fingerprint density at radius 3 is 2.93 bits per heavy atom. The molecule has 1 aliphatic carbocycles. The van der Waals surface area contributed by atoms with Crippen molar-refractivity contribution in [1.82, 2.24) is 5.32 Å². The van der Waals surface area contributed by atoms with E-state index in [1.54, 1.807) is 0 Å². The van der Waals surface area contributed by atoms with Gasteiger partial charge in [0.25, 0.3) is 0 Å². The highest BCUT2D eigenvalue weighted by Crippen LogP contribution is 2.42. The zero-order chi connectivity index (χ0) is 19.0. The number of hydrogen-bond donors (Lipinski definition) is 1. The van der Waals surface area contributed by atoms with Crippen LogP contribution in [-0.4, -0.2) is 45.0 Å². The zero-order valence-electron chi connectivity index (χ0n) is 16.6. The van der Waals surface area contributed by atoms with Crippen LogP contribution < -0.4 is 5.32 Å². The number of carbonyl (C=O) groups is 1. The lowest BCUT2D eigenvalue weighted by Crippen LogP contribution is -2.48. The first-order valence-electron chi connectivity index (χ1n) is 10.2. The number of hydrogen-bond acceptors (Lipinski definition) is 5. The lowest BCUT2D eigenvalue weighted by atomic mass is 9.72. The Labute approximate surface area is 161 Å². The van der Waals surface area contributed by atoms with Crippen LogP contribution in [-0.2, 0) is 19.0 Å². The smallest absolute Gasteiger partial charge is 0.335 e. The molecule has 3 heterocycles. The summed E-state index contributed by atoms with van der Waals surface area (Å²) < 4.78 is 17.0. The van der Waals surface area contributed by atoms with Crippen LogP contribution in [0.3, 0.4) is 0 Å².